The number of nitro benzene ring substituents is 1. The molecule has 0 aliphatic rings. The van der Waals surface area contributed by atoms with Crippen molar-refractivity contribution in [2.24, 2.45) is 0 Å². The maximum Gasteiger partial charge on any atom is 0.274 e. The third-order valence-electron chi connectivity index (χ3n) is 3.00. The summed E-state index contributed by atoms with van der Waals surface area (Å²) >= 11 is 1.60. The normalized spacial score (nSPS) is 10.6. The number of fused-ring (bicyclic) bond motifs is 1. The van der Waals surface area contributed by atoms with Gasteiger partial charge in [0.1, 0.15) is 0 Å². The van der Waals surface area contributed by atoms with Crippen LogP contribution in [-0.4, -0.2) is 9.91 Å². The van der Waals surface area contributed by atoms with E-state index >= 15 is 0 Å². The molecule has 0 spiro atoms. The number of nitro groups is 1. The third-order valence-corrected chi connectivity index (χ3v) is 3.94. The summed E-state index contributed by atoms with van der Waals surface area (Å²) in [6.45, 7) is 0.411. The predicted molar refractivity (Wildman–Crippen MR) is 80.0 cm³/mol. The van der Waals surface area contributed by atoms with Crippen LogP contribution in [-0.2, 0) is 6.54 Å². The van der Waals surface area contributed by atoms with E-state index in [0.717, 1.165) is 15.9 Å². The van der Waals surface area contributed by atoms with Crippen LogP contribution in [0.15, 0.2) is 48.0 Å². The van der Waals surface area contributed by atoms with Crippen molar-refractivity contribution in [3.63, 3.8) is 0 Å². The Balaban J connectivity index is 1.87. The van der Waals surface area contributed by atoms with Crippen LogP contribution in [0.1, 0.15) is 5.56 Å². The second-order valence-electron chi connectivity index (χ2n) is 4.23. The molecule has 0 unspecified atom stereocenters. The average Bonchev–Trinajstić information content (AvgIpc) is 2.94. The smallest absolute Gasteiger partial charge is 0.274 e. The van der Waals surface area contributed by atoms with E-state index in [1.54, 1.807) is 35.7 Å². The molecule has 3 aromatic rings. The summed E-state index contributed by atoms with van der Waals surface area (Å²) in [5.74, 6) is 0. The number of rotatable bonds is 4. The lowest BCUT2D eigenvalue weighted by Gasteiger charge is -2.07. The van der Waals surface area contributed by atoms with E-state index in [4.69, 9.17) is 0 Å². The number of hydrogen-bond donors (Lipinski definition) is 1. The molecule has 5 nitrogen and oxygen atoms in total. The number of nitrogens with zero attached hydrogens (tertiary/aromatic N) is 2. The van der Waals surface area contributed by atoms with Crippen LogP contribution in [0, 0.1) is 10.1 Å². The van der Waals surface area contributed by atoms with E-state index in [1.165, 1.54) is 6.07 Å². The molecule has 20 heavy (non-hydrogen) atoms. The lowest BCUT2D eigenvalue weighted by Crippen LogP contribution is -2.03. The van der Waals surface area contributed by atoms with Crippen molar-refractivity contribution >= 4 is 32.9 Å². The fourth-order valence-electron chi connectivity index (χ4n) is 2.04. The van der Waals surface area contributed by atoms with Crippen LogP contribution >= 0.6 is 11.3 Å². The SMILES string of the molecule is O=[N+]([O-])c1ccccc1CNc1ccnc2ccsc12. The molecule has 0 fully saturated rings. The highest BCUT2D eigenvalue weighted by Gasteiger charge is 2.12. The van der Waals surface area contributed by atoms with Gasteiger partial charge in [0.05, 0.1) is 20.8 Å². The molecule has 2 aromatic heterocycles. The van der Waals surface area contributed by atoms with E-state index < -0.39 is 0 Å². The van der Waals surface area contributed by atoms with Crippen LogP contribution < -0.4 is 5.32 Å². The molecule has 3 rings (SSSR count). The molecule has 0 saturated heterocycles. The molecule has 0 atom stereocenters. The van der Waals surface area contributed by atoms with Gasteiger partial charge >= 0.3 is 0 Å². The topological polar surface area (TPSA) is 68.1 Å². The zero-order chi connectivity index (χ0) is 13.9. The lowest BCUT2D eigenvalue weighted by atomic mass is 10.2. The van der Waals surface area contributed by atoms with Gasteiger partial charge in [0.2, 0.25) is 0 Å². The van der Waals surface area contributed by atoms with Gasteiger partial charge in [-0.05, 0) is 17.5 Å². The first-order valence-corrected chi connectivity index (χ1v) is 6.92. The standard InChI is InChI=1S/C14H11N3O2S/c18-17(19)13-4-2-1-3-10(13)9-16-11-5-7-15-12-6-8-20-14(11)12/h1-8H,9H2,(H,15,16). The zero-order valence-electron chi connectivity index (χ0n) is 10.4. The molecule has 6 heteroatoms. The maximum absolute atomic E-state index is 11.0. The summed E-state index contributed by atoms with van der Waals surface area (Å²) < 4.78 is 1.06. The number of hydrogen-bond acceptors (Lipinski definition) is 5. The monoisotopic (exact) mass is 285 g/mol. The first kappa shape index (κ1) is 12.6. The Morgan fingerprint density at radius 3 is 2.95 bits per heavy atom. The van der Waals surface area contributed by atoms with Gasteiger partial charge in [0.15, 0.2) is 0 Å². The lowest BCUT2D eigenvalue weighted by molar-refractivity contribution is -0.385. The van der Waals surface area contributed by atoms with Crippen molar-refractivity contribution < 1.29 is 4.92 Å². The second-order valence-corrected chi connectivity index (χ2v) is 5.15. The van der Waals surface area contributed by atoms with Crippen molar-refractivity contribution in [3.05, 3.63) is 63.7 Å². The Bertz CT molecular complexity index is 770. The minimum Gasteiger partial charge on any atom is -0.379 e. The summed E-state index contributed by atoms with van der Waals surface area (Å²) in [5, 5.41) is 16.2. The quantitative estimate of drug-likeness (QED) is 0.584. The molecule has 2 heterocycles. The Hall–Kier alpha value is -2.47. The first-order chi connectivity index (χ1) is 9.75. The molecule has 1 N–H and O–H groups in total. The number of aromatic nitrogens is 1. The zero-order valence-corrected chi connectivity index (χ0v) is 11.3. The van der Waals surface area contributed by atoms with E-state index in [9.17, 15) is 10.1 Å². The molecule has 1 aromatic carbocycles. The summed E-state index contributed by atoms with van der Waals surface area (Å²) in [6, 6.07) is 10.6. The fraction of sp³-hybridized carbons (Fsp3) is 0.0714. The molecular formula is C14H11N3O2S. The minimum atomic E-state index is -0.357. The molecule has 0 aliphatic heterocycles. The van der Waals surface area contributed by atoms with Gasteiger partial charge in [-0.25, -0.2) is 0 Å². The van der Waals surface area contributed by atoms with E-state index in [-0.39, 0.29) is 10.6 Å². The Morgan fingerprint density at radius 2 is 2.10 bits per heavy atom. The number of benzene rings is 1. The molecule has 0 saturated carbocycles. The number of nitrogens with one attached hydrogen (secondary N) is 1. The van der Waals surface area contributed by atoms with Gasteiger partial charge in [-0.2, -0.15) is 0 Å². The molecule has 0 aliphatic carbocycles. The first-order valence-electron chi connectivity index (χ1n) is 6.04. The molecule has 0 amide bonds. The van der Waals surface area contributed by atoms with Crippen molar-refractivity contribution in [1.29, 1.82) is 0 Å². The largest absolute Gasteiger partial charge is 0.379 e. The number of pyridine rings is 1. The van der Waals surface area contributed by atoms with Gasteiger partial charge in [0, 0.05) is 24.4 Å². The summed E-state index contributed by atoms with van der Waals surface area (Å²) in [7, 11) is 0. The molecular weight excluding hydrogens is 274 g/mol. The van der Waals surface area contributed by atoms with Crippen molar-refractivity contribution in [2.75, 3.05) is 5.32 Å². The molecule has 0 radical (unpaired) electrons. The summed E-state index contributed by atoms with van der Waals surface area (Å²) in [4.78, 5) is 14.9. The number of para-hydroxylation sites is 1. The van der Waals surface area contributed by atoms with Crippen LogP contribution in [0.5, 0.6) is 0 Å². The highest BCUT2D eigenvalue weighted by molar-refractivity contribution is 7.17. The minimum absolute atomic E-state index is 0.136. The van der Waals surface area contributed by atoms with Crippen molar-refractivity contribution in [3.8, 4) is 0 Å². The van der Waals surface area contributed by atoms with Gasteiger partial charge in [-0.3, -0.25) is 15.1 Å². The van der Waals surface area contributed by atoms with Gasteiger partial charge in [-0.15, -0.1) is 11.3 Å². The Kier molecular flexibility index (Phi) is 3.30. The van der Waals surface area contributed by atoms with Crippen LogP contribution in [0.4, 0.5) is 11.4 Å². The highest BCUT2D eigenvalue weighted by Crippen LogP contribution is 2.28. The molecule has 100 valence electrons. The second kappa shape index (κ2) is 5.26. The van der Waals surface area contributed by atoms with E-state index in [2.05, 4.69) is 10.3 Å². The average molecular weight is 285 g/mol. The Labute approximate surface area is 119 Å². The Morgan fingerprint density at radius 1 is 1.25 bits per heavy atom. The summed E-state index contributed by atoms with van der Waals surface area (Å²) in [5.41, 5.74) is 2.68. The van der Waals surface area contributed by atoms with Crippen LogP contribution in [0.3, 0.4) is 0 Å². The summed E-state index contributed by atoms with van der Waals surface area (Å²) in [6.07, 6.45) is 1.73. The van der Waals surface area contributed by atoms with Gasteiger partial charge < -0.3 is 5.32 Å². The predicted octanol–water partition coefficient (Wildman–Crippen LogP) is 3.82. The van der Waals surface area contributed by atoms with Crippen LogP contribution in [0.2, 0.25) is 0 Å². The van der Waals surface area contributed by atoms with Crippen LogP contribution in [0.25, 0.3) is 10.2 Å². The molecule has 0 bridgehead atoms. The van der Waals surface area contributed by atoms with Crippen molar-refractivity contribution in [1.82, 2.24) is 4.98 Å². The van der Waals surface area contributed by atoms with E-state index in [1.807, 2.05) is 17.5 Å². The number of thiophene rings is 1. The highest BCUT2D eigenvalue weighted by atomic mass is 32.1. The van der Waals surface area contributed by atoms with Crippen molar-refractivity contribution in [2.45, 2.75) is 6.54 Å². The third kappa shape index (κ3) is 2.33. The van der Waals surface area contributed by atoms with Gasteiger partial charge in [-0.1, -0.05) is 18.2 Å². The number of anilines is 1. The maximum atomic E-state index is 11.0. The van der Waals surface area contributed by atoms with E-state index in [0.29, 0.717) is 12.1 Å². The fourth-order valence-corrected chi connectivity index (χ4v) is 2.88. The van der Waals surface area contributed by atoms with Gasteiger partial charge in [0.25, 0.3) is 5.69 Å².